The normalized spacial score (nSPS) is 22.3. The van der Waals surface area contributed by atoms with Crippen LogP contribution in [0.4, 0.5) is 14.6 Å². The van der Waals surface area contributed by atoms with Crippen LogP contribution in [0.3, 0.4) is 0 Å². The van der Waals surface area contributed by atoms with Crippen molar-refractivity contribution >= 4 is 46.6 Å². The molecular formula is C25H22ClF2N5O5S. The number of aliphatic imine (C=N–C) groups is 1. The lowest BCUT2D eigenvalue weighted by Gasteiger charge is -2.44. The molecule has 2 aromatic heterocycles. The lowest BCUT2D eigenvalue weighted by molar-refractivity contribution is -0.0739. The molecule has 3 atom stereocenters. The number of pyridine rings is 1. The number of carbonyl (C=O) groups excluding carboxylic acids is 2. The molecule has 0 aliphatic carbocycles. The number of rotatable bonds is 6. The Labute approximate surface area is 230 Å². The van der Waals surface area contributed by atoms with Gasteiger partial charge in [0.2, 0.25) is 0 Å². The van der Waals surface area contributed by atoms with Crippen LogP contribution in [0.15, 0.2) is 53.0 Å². The van der Waals surface area contributed by atoms with Crippen molar-refractivity contribution in [3.8, 4) is 5.75 Å². The van der Waals surface area contributed by atoms with E-state index < -0.39 is 18.1 Å². The third-order valence-corrected chi connectivity index (χ3v) is 7.53. The summed E-state index contributed by atoms with van der Waals surface area (Å²) in [5.74, 6) is -1.20. The molecule has 1 fully saturated rings. The summed E-state index contributed by atoms with van der Waals surface area (Å²) >= 11 is 7.32. The van der Waals surface area contributed by atoms with Crippen molar-refractivity contribution < 1.29 is 32.6 Å². The number of amides is 2. The SMILES string of the molecule is C[C@H]1C[C@H]2COC(NC(=O)c3ccccc3)=NC2(c2nc(NC(=O)c3ncc(OC(F)F)cc3Cl)cs2)CO1. The van der Waals surface area contributed by atoms with E-state index in [4.69, 9.17) is 26.1 Å². The number of fused-ring (bicyclic) bond motifs is 1. The predicted octanol–water partition coefficient (Wildman–Crippen LogP) is 4.48. The minimum atomic E-state index is -3.05. The Bertz CT molecular complexity index is 1410. The van der Waals surface area contributed by atoms with Crippen LogP contribution in [0.25, 0.3) is 0 Å². The molecule has 1 unspecified atom stereocenters. The molecule has 14 heteroatoms. The maximum atomic E-state index is 12.8. The molecule has 2 aliphatic heterocycles. The second-order valence-corrected chi connectivity index (χ2v) is 10.2. The number of alkyl halides is 2. The Hall–Kier alpha value is -3.68. The summed E-state index contributed by atoms with van der Waals surface area (Å²) in [6.07, 6.45) is 1.61. The Morgan fingerprint density at radius 3 is 2.77 bits per heavy atom. The average molecular weight is 578 g/mol. The fraction of sp³-hybridized carbons (Fsp3) is 0.320. The van der Waals surface area contributed by atoms with Gasteiger partial charge in [-0.3, -0.25) is 14.9 Å². The Balaban J connectivity index is 1.37. The summed E-state index contributed by atoms with van der Waals surface area (Å²) in [5.41, 5.74) is -0.676. The van der Waals surface area contributed by atoms with Crippen LogP contribution >= 0.6 is 22.9 Å². The van der Waals surface area contributed by atoms with Crippen molar-refractivity contribution in [1.29, 1.82) is 0 Å². The summed E-state index contributed by atoms with van der Waals surface area (Å²) in [5, 5.41) is 7.36. The van der Waals surface area contributed by atoms with Gasteiger partial charge >= 0.3 is 6.61 Å². The highest BCUT2D eigenvalue weighted by atomic mass is 35.5. The van der Waals surface area contributed by atoms with Crippen LogP contribution < -0.4 is 15.4 Å². The van der Waals surface area contributed by atoms with Crippen molar-refractivity contribution in [3.05, 3.63) is 69.3 Å². The highest BCUT2D eigenvalue weighted by Crippen LogP contribution is 2.45. The van der Waals surface area contributed by atoms with Gasteiger partial charge in [0.25, 0.3) is 17.8 Å². The third kappa shape index (κ3) is 5.84. The molecule has 1 saturated heterocycles. The predicted molar refractivity (Wildman–Crippen MR) is 138 cm³/mol. The number of hydrogen-bond acceptors (Lipinski definition) is 9. The fourth-order valence-electron chi connectivity index (χ4n) is 4.34. The van der Waals surface area contributed by atoms with E-state index in [-0.39, 0.29) is 59.4 Å². The zero-order valence-corrected chi connectivity index (χ0v) is 22.0. The molecule has 2 aliphatic rings. The van der Waals surface area contributed by atoms with Gasteiger partial charge in [-0.1, -0.05) is 29.8 Å². The van der Waals surface area contributed by atoms with E-state index >= 15 is 0 Å². The van der Waals surface area contributed by atoms with Gasteiger partial charge < -0.3 is 19.5 Å². The molecule has 2 N–H and O–H groups in total. The van der Waals surface area contributed by atoms with Crippen LogP contribution in [0.5, 0.6) is 5.75 Å². The Kier molecular flexibility index (Phi) is 7.73. The third-order valence-electron chi connectivity index (χ3n) is 6.23. The smallest absolute Gasteiger partial charge is 0.387 e. The highest BCUT2D eigenvalue weighted by Gasteiger charge is 2.50. The lowest BCUT2D eigenvalue weighted by atomic mass is 9.79. The van der Waals surface area contributed by atoms with Crippen molar-refractivity contribution in [3.63, 3.8) is 0 Å². The van der Waals surface area contributed by atoms with E-state index in [9.17, 15) is 18.4 Å². The number of aromatic nitrogens is 2. The first-order valence-electron chi connectivity index (χ1n) is 11.8. The van der Waals surface area contributed by atoms with Gasteiger partial charge in [-0.25, -0.2) is 15.0 Å². The number of anilines is 1. The minimum Gasteiger partial charge on any atom is -0.465 e. The topological polar surface area (TPSA) is 124 Å². The molecule has 4 heterocycles. The number of amidine groups is 1. The molecule has 3 aromatic rings. The molecule has 0 saturated carbocycles. The van der Waals surface area contributed by atoms with Crippen LogP contribution in [-0.4, -0.2) is 53.7 Å². The molecule has 0 bridgehead atoms. The molecule has 39 heavy (non-hydrogen) atoms. The molecule has 10 nitrogen and oxygen atoms in total. The number of thiazole rings is 1. The number of nitrogens with one attached hydrogen (secondary N) is 2. The number of nitrogens with zero attached hydrogens (tertiary/aromatic N) is 3. The van der Waals surface area contributed by atoms with Crippen molar-refractivity contribution in [2.75, 3.05) is 18.5 Å². The second-order valence-electron chi connectivity index (χ2n) is 8.90. The highest BCUT2D eigenvalue weighted by molar-refractivity contribution is 7.10. The number of carbonyl (C=O) groups is 2. The maximum Gasteiger partial charge on any atom is 0.387 e. The maximum absolute atomic E-state index is 12.8. The monoisotopic (exact) mass is 577 g/mol. The van der Waals surface area contributed by atoms with E-state index in [1.807, 2.05) is 13.0 Å². The number of hydrogen-bond donors (Lipinski definition) is 2. The van der Waals surface area contributed by atoms with Gasteiger partial charge in [-0.05, 0) is 25.5 Å². The molecule has 1 aromatic carbocycles. The van der Waals surface area contributed by atoms with E-state index in [0.717, 1.165) is 12.3 Å². The van der Waals surface area contributed by atoms with Gasteiger partial charge in [0.05, 0.1) is 30.5 Å². The Morgan fingerprint density at radius 1 is 1.23 bits per heavy atom. The number of halogens is 3. The van der Waals surface area contributed by atoms with Gasteiger partial charge in [0.15, 0.2) is 0 Å². The summed E-state index contributed by atoms with van der Waals surface area (Å²) in [6.45, 7) is -0.601. The fourth-order valence-corrected chi connectivity index (χ4v) is 5.54. The van der Waals surface area contributed by atoms with E-state index in [1.165, 1.54) is 11.3 Å². The van der Waals surface area contributed by atoms with Crippen LogP contribution in [0.1, 0.15) is 39.2 Å². The van der Waals surface area contributed by atoms with Gasteiger partial charge in [-0.2, -0.15) is 8.78 Å². The van der Waals surface area contributed by atoms with E-state index in [1.54, 1.807) is 29.6 Å². The first-order valence-corrected chi connectivity index (χ1v) is 13.1. The van der Waals surface area contributed by atoms with Crippen molar-refractivity contribution in [2.24, 2.45) is 10.9 Å². The summed E-state index contributed by atoms with van der Waals surface area (Å²) < 4.78 is 40.9. The molecule has 0 radical (unpaired) electrons. The van der Waals surface area contributed by atoms with Gasteiger partial charge in [-0.15, -0.1) is 11.3 Å². The summed E-state index contributed by atoms with van der Waals surface area (Å²) in [7, 11) is 0. The van der Waals surface area contributed by atoms with E-state index in [0.29, 0.717) is 17.0 Å². The van der Waals surface area contributed by atoms with Crippen LogP contribution in [-0.2, 0) is 15.0 Å². The van der Waals surface area contributed by atoms with Crippen LogP contribution in [0, 0.1) is 5.92 Å². The molecule has 204 valence electrons. The lowest BCUT2D eigenvalue weighted by Crippen LogP contribution is -2.52. The quantitative estimate of drug-likeness (QED) is 0.442. The number of ether oxygens (including phenoxy) is 3. The molecule has 2 amide bonds. The molecular weight excluding hydrogens is 556 g/mol. The van der Waals surface area contributed by atoms with E-state index in [2.05, 4.69) is 25.3 Å². The first kappa shape index (κ1) is 26.9. The first-order chi connectivity index (χ1) is 18.7. The van der Waals surface area contributed by atoms with Crippen molar-refractivity contribution in [2.45, 2.75) is 31.6 Å². The standard InChI is InChI=1S/C25H22ClF2N5O5S/c1-13-7-15-10-36-24(32-20(34)14-5-3-2-4-6-14)33-25(15,12-37-13)22-31-18(11-39-22)30-21(35)19-17(26)8-16(9-29-19)38-23(27)28/h2-6,8-9,11,13,15,23H,7,10,12H2,1H3,(H,30,35)(H,32,33,34)/t13-,15-,25?/m0/s1. The minimum absolute atomic E-state index is 0.0215. The van der Waals surface area contributed by atoms with Crippen LogP contribution in [0.2, 0.25) is 5.02 Å². The largest absolute Gasteiger partial charge is 0.465 e. The zero-order chi connectivity index (χ0) is 27.6. The van der Waals surface area contributed by atoms with Gasteiger partial charge in [0.1, 0.15) is 27.8 Å². The molecule has 5 rings (SSSR count). The molecule has 0 spiro atoms. The second kappa shape index (κ2) is 11.2. The van der Waals surface area contributed by atoms with Gasteiger partial charge in [0, 0.05) is 22.9 Å². The summed E-state index contributed by atoms with van der Waals surface area (Å²) in [6, 6.07) is 9.82. The average Bonchev–Trinajstić information content (AvgIpc) is 3.38. The zero-order valence-electron chi connectivity index (χ0n) is 20.4. The van der Waals surface area contributed by atoms with Crippen molar-refractivity contribution in [1.82, 2.24) is 15.3 Å². The Morgan fingerprint density at radius 2 is 2.03 bits per heavy atom. The summed E-state index contributed by atoms with van der Waals surface area (Å²) in [4.78, 5) is 38.7. The number of benzene rings is 1.